The van der Waals surface area contributed by atoms with E-state index in [-0.39, 0.29) is 5.82 Å². The zero-order valence-electron chi connectivity index (χ0n) is 9.79. The van der Waals surface area contributed by atoms with Crippen LogP contribution in [0.4, 0.5) is 4.39 Å². The highest BCUT2D eigenvalue weighted by molar-refractivity contribution is 5.17. The molecular formula is C14H19FO. The van der Waals surface area contributed by atoms with E-state index >= 15 is 0 Å². The number of methoxy groups -OCH3 is 1. The van der Waals surface area contributed by atoms with Gasteiger partial charge in [0.05, 0.1) is 6.10 Å². The molecule has 0 radical (unpaired) electrons. The SMILES string of the molecule is COC1CCCCC1Cc1cccc(F)c1. The van der Waals surface area contributed by atoms with Crippen LogP contribution in [0, 0.1) is 11.7 Å². The van der Waals surface area contributed by atoms with Gasteiger partial charge in [-0.2, -0.15) is 0 Å². The number of benzene rings is 1. The Bertz CT molecular complexity index is 337. The molecule has 2 unspecified atom stereocenters. The van der Waals surface area contributed by atoms with Gasteiger partial charge in [-0.15, -0.1) is 0 Å². The van der Waals surface area contributed by atoms with Crippen LogP contribution in [0.25, 0.3) is 0 Å². The van der Waals surface area contributed by atoms with Gasteiger partial charge in [0.1, 0.15) is 5.82 Å². The van der Waals surface area contributed by atoms with Crippen molar-refractivity contribution in [3.8, 4) is 0 Å². The Morgan fingerprint density at radius 2 is 2.12 bits per heavy atom. The van der Waals surface area contributed by atoms with Gasteiger partial charge in [-0.25, -0.2) is 4.39 Å². The summed E-state index contributed by atoms with van der Waals surface area (Å²) in [4.78, 5) is 0. The third-order valence-corrected chi connectivity index (χ3v) is 3.53. The van der Waals surface area contributed by atoms with E-state index in [1.165, 1.54) is 25.3 Å². The molecule has 2 heteroatoms. The molecule has 1 aromatic rings. The Hall–Kier alpha value is -0.890. The Balaban J connectivity index is 2.02. The summed E-state index contributed by atoms with van der Waals surface area (Å²) in [5, 5.41) is 0. The molecular weight excluding hydrogens is 203 g/mol. The summed E-state index contributed by atoms with van der Waals surface area (Å²) < 4.78 is 18.6. The summed E-state index contributed by atoms with van der Waals surface area (Å²) in [7, 11) is 1.79. The second kappa shape index (κ2) is 5.44. The van der Waals surface area contributed by atoms with Crippen LogP contribution in [-0.4, -0.2) is 13.2 Å². The molecule has 0 heterocycles. The second-order valence-electron chi connectivity index (χ2n) is 4.65. The molecule has 2 rings (SSSR count). The minimum atomic E-state index is -0.137. The monoisotopic (exact) mass is 222 g/mol. The number of hydrogen-bond donors (Lipinski definition) is 0. The van der Waals surface area contributed by atoms with Crippen molar-refractivity contribution in [3.05, 3.63) is 35.6 Å². The van der Waals surface area contributed by atoms with E-state index in [1.54, 1.807) is 19.2 Å². The van der Waals surface area contributed by atoms with E-state index in [2.05, 4.69) is 0 Å². The van der Waals surface area contributed by atoms with E-state index < -0.39 is 0 Å². The maximum Gasteiger partial charge on any atom is 0.123 e. The highest BCUT2D eigenvalue weighted by atomic mass is 19.1. The van der Waals surface area contributed by atoms with Crippen molar-refractivity contribution in [1.82, 2.24) is 0 Å². The Kier molecular flexibility index (Phi) is 3.94. The molecule has 1 aliphatic carbocycles. The second-order valence-corrected chi connectivity index (χ2v) is 4.65. The molecule has 0 aromatic heterocycles. The van der Waals surface area contributed by atoms with Crippen molar-refractivity contribution in [3.63, 3.8) is 0 Å². The van der Waals surface area contributed by atoms with Crippen molar-refractivity contribution in [2.45, 2.75) is 38.2 Å². The zero-order valence-corrected chi connectivity index (χ0v) is 9.79. The molecule has 16 heavy (non-hydrogen) atoms. The van der Waals surface area contributed by atoms with Crippen molar-refractivity contribution in [2.24, 2.45) is 5.92 Å². The molecule has 0 N–H and O–H groups in total. The molecule has 0 amide bonds. The van der Waals surface area contributed by atoms with Crippen LogP contribution in [0.5, 0.6) is 0 Å². The van der Waals surface area contributed by atoms with Gasteiger partial charge in [-0.05, 0) is 42.9 Å². The van der Waals surface area contributed by atoms with Crippen molar-refractivity contribution in [1.29, 1.82) is 0 Å². The van der Waals surface area contributed by atoms with Crippen LogP contribution in [0.3, 0.4) is 0 Å². The van der Waals surface area contributed by atoms with Crippen molar-refractivity contribution >= 4 is 0 Å². The van der Waals surface area contributed by atoms with Crippen LogP contribution < -0.4 is 0 Å². The smallest absolute Gasteiger partial charge is 0.123 e. The van der Waals surface area contributed by atoms with Gasteiger partial charge >= 0.3 is 0 Å². The normalized spacial score (nSPS) is 25.6. The fourth-order valence-electron chi connectivity index (χ4n) is 2.68. The summed E-state index contributed by atoms with van der Waals surface area (Å²) in [5.41, 5.74) is 1.09. The Morgan fingerprint density at radius 3 is 2.88 bits per heavy atom. The minimum absolute atomic E-state index is 0.137. The first-order valence-corrected chi connectivity index (χ1v) is 6.07. The lowest BCUT2D eigenvalue weighted by atomic mass is 9.82. The molecule has 0 saturated heterocycles. The van der Waals surface area contributed by atoms with Gasteiger partial charge < -0.3 is 4.74 Å². The predicted octanol–water partition coefficient (Wildman–Crippen LogP) is 3.57. The molecule has 2 atom stereocenters. The van der Waals surface area contributed by atoms with Crippen molar-refractivity contribution < 1.29 is 9.13 Å². The number of ether oxygens (including phenoxy) is 1. The Labute approximate surface area is 96.6 Å². The first-order chi connectivity index (χ1) is 7.79. The first kappa shape index (κ1) is 11.6. The summed E-state index contributed by atoms with van der Waals surface area (Å²) >= 11 is 0. The maximum absolute atomic E-state index is 13.1. The van der Waals surface area contributed by atoms with Crippen LogP contribution in [-0.2, 0) is 11.2 Å². The maximum atomic E-state index is 13.1. The predicted molar refractivity (Wildman–Crippen MR) is 62.9 cm³/mol. The van der Waals surface area contributed by atoms with E-state index in [0.717, 1.165) is 18.4 Å². The molecule has 1 fully saturated rings. The lowest BCUT2D eigenvalue weighted by molar-refractivity contribution is 0.0239. The number of hydrogen-bond acceptors (Lipinski definition) is 1. The zero-order chi connectivity index (χ0) is 11.4. The molecule has 1 saturated carbocycles. The molecule has 0 aliphatic heterocycles. The molecule has 0 spiro atoms. The third kappa shape index (κ3) is 2.82. The lowest BCUT2D eigenvalue weighted by Gasteiger charge is -2.30. The van der Waals surface area contributed by atoms with Gasteiger partial charge in [0.2, 0.25) is 0 Å². The highest BCUT2D eigenvalue weighted by Gasteiger charge is 2.24. The van der Waals surface area contributed by atoms with Crippen LogP contribution in [0.15, 0.2) is 24.3 Å². The average molecular weight is 222 g/mol. The molecule has 1 aromatic carbocycles. The Morgan fingerprint density at radius 1 is 1.31 bits per heavy atom. The number of halogens is 1. The van der Waals surface area contributed by atoms with E-state index in [9.17, 15) is 4.39 Å². The van der Waals surface area contributed by atoms with Crippen LogP contribution in [0.1, 0.15) is 31.2 Å². The largest absolute Gasteiger partial charge is 0.381 e. The van der Waals surface area contributed by atoms with E-state index in [1.807, 2.05) is 6.07 Å². The summed E-state index contributed by atoms with van der Waals surface area (Å²) in [5.74, 6) is 0.419. The van der Waals surface area contributed by atoms with Crippen LogP contribution >= 0.6 is 0 Å². The van der Waals surface area contributed by atoms with Crippen LogP contribution in [0.2, 0.25) is 0 Å². The molecule has 0 bridgehead atoms. The third-order valence-electron chi connectivity index (χ3n) is 3.53. The minimum Gasteiger partial charge on any atom is -0.381 e. The molecule has 1 aliphatic rings. The fourth-order valence-corrected chi connectivity index (χ4v) is 2.68. The van der Waals surface area contributed by atoms with E-state index in [4.69, 9.17) is 4.74 Å². The summed E-state index contributed by atoms with van der Waals surface area (Å²) in [6, 6.07) is 6.93. The average Bonchev–Trinajstić information content (AvgIpc) is 2.30. The van der Waals surface area contributed by atoms with Gasteiger partial charge in [0, 0.05) is 7.11 Å². The van der Waals surface area contributed by atoms with E-state index in [0.29, 0.717) is 12.0 Å². The quantitative estimate of drug-likeness (QED) is 0.759. The lowest BCUT2D eigenvalue weighted by Crippen LogP contribution is -2.28. The van der Waals surface area contributed by atoms with Gasteiger partial charge in [-0.1, -0.05) is 25.0 Å². The highest BCUT2D eigenvalue weighted by Crippen LogP contribution is 2.29. The number of rotatable bonds is 3. The topological polar surface area (TPSA) is 9.23 Å². The first-order valence-electron chi connectivity index (χ1n) is 6.07. The van der Waals surface area contributed by atoms with Gasteiger partial charge in [-0.3, -0.25) is 0 Å². The van der Waals surface area contributed by atoms with Gasteiger partial charge in [0.15, 0.2) is 0 Å². The van der Waals surface area contributed by atoms with Gasteiger partial charge in [0.25, 0.3) is 0 Å². The summed E-state index contributed by atoms with van der Waals surface area (Å²) in [6.07, 6.45) is 6.19. The van der Waals surface area contributed by atoms with Crippen molar-refractivity contribution in [2.75, 3.05) is 7.11 Å². The fraction of sp³-hybridized carbons (Fsp3) is 0.571. The molecule has 88 valence electrons. The standard InChI is InChI=1S/C14H19FO/c1-16-14-8-3-2-6-12(14)9-11-5-4-7-13(15)10-11/h4-5,7,10,12,14H,2-3,6,8-9H2,1H3. The summed E-state index contributed by atoms with van der Waals surface area (Å²) in [6.45, 7) is 0. The molecule has 1 nitrogen and oxygen atoms in total.